The number of likely N-dealkylation sites (tertiary alicyclic amines) is 1. The van der Waals surface area contributed by atoms with Crippen LogP contribution >= 0.6 is 0 Å². The lowest BCUT2D eigenvalue weighted by Gasteiger charge is -2.35. The average Bonchev–Trinajstić information content (AvgIpc) is 3.17. The van der Waals surface area contributed by atoms with Gasteiger partial charge >= 0.3 is 5.97 Å². The summed E-state index contributed by atoms with van der Waals surface area (Å²) in [5.74, 6) is 0.148. The number of hydrogen-bond donors (Lipinski definition) is 0. The molecule has 2 heterocycles. The maximum Gasteiger partial charge on any atom is 0.349 e. The van der Waals surface area contributed by atoms with Gasteiger partial charge in [0.1, 0.15) is 11.6 Å². The first-order chi connectivity index (χ1) is 13.1. The SMILES string of the molecule is CCC1CCCCN1C(=O)COC(=O)C(C#N)=Cc1ccc2c(c1)OCO2. The average molecular weight is 370 g/mol. The molecule has 1 amide bonds. The number of carbonyl (C=O) groups is 2. The third-order valence-corrected chi connectivity index (χ3v) is 4.79. The Morgan fingerprint density at radius 2 is 2.15 bits per heavy atom. The smallest absolute Gasteiger partial charge is 0.349 e. The van der Waals surface area contributed by atoms with Gasteiger partial charge in [0.25, 0.3) is 5.91 Å². The molecule has 1 atom stereocenters. The van der Waals surface area contributed by atoms with E-state index in [1.807, 2.05) is 13.0 Å². The number of fused-ring (bicyclic) bond motifs is 1. The van der Waals surface area contributed by atoms with Crippen molar-refractivity contribution in [2.24, 2.45) is 0 Å². The molecule has 0 aromatic heterocycles. The Balaban J connectivity index is 1.62. The first kappa shape index (κ1) is 18.8. The van der Waals surface area contributed by atoms with Gasteiger partial charge in [-0.3, -0.25) is 4.79 Å². The Hall–Kier alpha value is -3.01. The zero-order chi connectivity index (χ0) is 19.2. The maximum absolute atomic E-state index is 12.4. The van der Waals surface area contributed by atoms with Gasteiger partial charge in [0.2, 0.25) is 6.79 Å². The van der Waals surface area contributed by atoms with Gasteiger partial charge in [-0.05, 0) is 49.5 Å². The number of nitriles is 1. The van der Waals surface area contributed by atoms with Crippen molar-refractivity contribution in [3.05, 3.63) is 29.3 Å². The summed E-state index contributed by atoms with van der Waals surface area (Å²) >= 11 is 0. The molecule has 7 nitrogen and oxygen atoms in total. The second kappa shape index (κ2) is 8.58. The minimum atomic E-state index is -0.812. The van der Waals surface area contributed by atoms with Gasteiger partial charge in [0.05, 0.1) is 0 Å². The van der Waals surface area contributed by atoms with Crippen LogP contribution in [0.2, 0.25) is 0 Å². The topological polar surface area (TPSA) is 88.9 Å². The summed E-state index contributed by atoms with van der Waals surface area (Å²) in [6.07, 6.45) is 5.34. The van der Waals surface area contributed by atoms with E-state index in [1.165, 1.54) is 6.08 Å². The fourth-order valence-electron chi connectivity index (χ4n) is 3.35. The molecular formula is C20H22N2O5. The monoisotopic (exact) mass is 370 g/mol. The van der Waals surface area contributed by atoms with E-state index in [0.717, 1.165) is 25.7 Å². The van der Waals surface area contributed by atoms with Crippen LogP contribution in [0.25, 0.3) is 6.08 Å². The third kappa shape index (κ3) is 4.40. The molecule has 2 aliphatic rings. The van der Waals surface area contributed by atoms with Crippen LogP contribution in [0.15, 0.2) is 23.8 Å². The Morgan fingerprint density at radius 1 is 1.33 bits per heavy atom. The number of piperidine rings is 1. The predicted octanol–water partition coefficient (Wildman–Crippen LogP) is 2.66. The largest absolute Gasteiger partial charge is 0.454 e. The van der Waals surface area contributed by atoms with E-state index in [0.29, 0.717) is 23.6 Å². The van der Waals surface area contributed by atoms with Crippen LogP contribution in [-0.2, 0) is 14.3 Å². The van der Waals surface area contributed by atoms with Gasteiger partial charge in [-0.1, -0.05) is 13.0 Å². The van der Waals surface area contributed by atoms with Gasteiger partial charge in [-0.2, -0.15) is 5.26 Å². The van der Waals surface area contributed by atoms with E-state index >= 15 is 0 Å². The van der Waals surface area contributed by atoms with Crippen molar-refractivity contribution in [1.82, 2.24) is 4.90 Å². The molecule has 27 heavy (non-hydrogen) atoms. The van der Waals surface area contributed by atoms with Crippen LogP contribution in [-0.4, -0.2) is 42.8 Å². The van der Waals surface area contributed by atoms with Crippen molar-refractivity contribution in [1.29, 1.82) is 5.26 Å². The molecule has 0 saturated carbocycles. The summed E-state index contributed by atoms with van der Waals surface area (Å²) in [6.45, 7) is 2.53. The zero-order valence-corrected chi connectivity index (χ0v) is 15.3. The molecule has 3 rings (SSSR count). The summed E-state index contributed by atoms with van der Waals surface area (Å²) in [4.78, 5) is 26.4. The first-order valence-electron chi connectivity index (χ1n) is 9.10. The molecule has 0 N–H and O–H groups in total. The van der Waals surface area contributed by atoms with Crippen LogP contribution in [0.3, 0.4) is 0 Å². The molecular weight excluding hydrogens is 348 g/mol. The highest BCUT2D eigenvalue weighted by atomic mass is 16.7. The molecule has 7 heteroatoms. The minimum Gasteiger partial charge on any atom is -0.454 e. The second-order valence-corrected chi connectivity index (χ2v) is 6.50. The second-order valence-electron chi connectivity index (χ2n) is 6.50. The number of esters is 1. The summed E-state index contributed by atoms with van der Waals surface area (Å²) in [5, 5.41) is 9.27. The van der Waals surface area contributed by atoms with Crippen molar-refractivity contribution in [2.75, 3.05) is 19.9 Å². The van der Waals surface area contributed by atoms with Crippen molar-refractivity contribution in [3.8, 4) is 17.6 Å². The van der Waals surface area contributed by atoms with Crippen molar-refractivity contribution in [2.45, 2.75) is 38.6 Å². The van der Waals surface area contributed by atoms with E-state index < -0.39 is 5.97 Å². The van der Waals surface area contributed by atoms with E-state index in [-0.39, 0.29) is 30.9 Å². The van der Waals surface area contributed by atoms with Gasteiger partial charge in [-0.15, -0.1) is 0 Å². The minimum absolute atomic E-state index is 0.146. The molecule has 1 aromatic carbocycles. The van der Waals surface area contributed by atoms with Gasteiger partial charge in [-0.25, -0.2) is 4.79 Å². The number of hydrogen-bond acceptors (Lipinski definition) is 6. The molecule has 1 unspecified atom stereocenters. The van der Waals surface area contributed by atoms with Gasteiger partial charge in [0, 0.05) is 12.6 Å². The summed E-state index contributed by atoms with van der Waals surface area (Å²) in [7, 11) is 0. The maximum atomic E-state index is 12.4. The summed E-state index contributed by atoms with van der Waals surface area (Å²) < 4.78 is 15.6. The quantitative estimate of drug-likeness (QED) is 0.450. The van der Waals surface area contributed by atoms with Crippen LogP contribution in [0.4, 0.5) is 0 Å². The molecule has 2 aliphatic heterocycles. The molecule has 0 radical (unpaired) electrons. The highest BCUT2D eigenvalue weighted by molar-refractivity contribution is 5.98. The zero-order valence-electron chi connectivity index (χ0n) is 15.3. The number of rotatable bonds is 5. The highest BCUT2D eigenvalue weighted by Crippen LogP contribution is 2.33. The molecule has 1 fully saturated rings. The highest BCUT2D eigenvalue weighted by Gasteiger charge is 2.26. The van der Waals surface area contributed by atoms with E-state index in [1.54, 1.807) is 23.1 Å². The van der Waals surface area contributed by atoms with E-state index in [4.69, 9.17) is 14.2 Å². The number of ether oxygens (including phenoxy) is 3. The lowest BCUT2D eigenvalue weighted by Crippen LogP contribution is -2.45. The van der Waals surface area contributed by atoms with Crippen LogP contribution in [0.5, 0.6) is 11.5 Å². The number of amides is 1. The Bertz CT molecular complexity index is 796. The number of carbonyl (C=O) groups excluding carboxylic acids is 2. The summed E-state index contributed by atoms with van der Waals surface area (Å²) in [5.41, 5.74) is 0.438. The molecule has 1 saturated heterocycles. The third-order valence-electron chi connectivity index (χ3n) is 4.79. The van der Waals surface area contributed by atoms with Crippen molar-refractivity contribution >= 4 is 18.0 Å². The Kier molecular flexibility index (Phi) is 5.97. The molecule has 0 aliphatic carbocycles. The lowest BCUT2D eigenvalue weighted by atomic mass is 10.00. The fourth-order valence-corrected chi connectivity index (χ4v) is 3.35. The van der Waals surface area contributed by atoms with E-state index in [9.17, 15) is 14.9 Å². The van der Waals surface area contributed by atoms with Crippen molar-refractivity contribution in [3.63, 3.8) is 0 Å². The molecule has 142 valence electrons. The van der Waals surface area contributed by atoms with Crippen LogP contribution in [0, 0.1) is 11.3 Å². The van der Waals surface area contributed by atoms with E-state index in [2.05, 4.69) is 0 Å². The molecule has 1 aromatic rings. The molecule has 0 spiro atoms. The standard InChI is InChI=1S/C20H22N2O5/c1-2-16-5-3-4-8-22(16)19(23)12-25-20(24)15(11-21)9-14-6-7-17-18(10-14)27-13-26-17/h6-7,9-10,16H,2-5,8,12-13H2,1H3. The van der Waals surface area contributed by atoms with Crippen molar-refractivity contribution < 1.29 is 23.8 Å². The van der Waals surface area contributed by atoms with Crippen LogP contribution < -0.4 is 9.47 Å². The Labute approximate surface area is 158 Å². The lowest BCUT2D eigenvalue weighted by molar-refractivity contribution is -0.150. The van der Waals surface area contributed by atoms with Gasteiger partial charge < -0.3 is 19.1 Å². The Morgan fingerprint density at radius 3 is 2.93 bits per heavy atom. The van der Waals surface area contributed by atoms with Crippen LogP contribution in [0.1, 0.15) is 38.2 Å². The predicted molar refractivity (Wildman–Crippen MR) is 96.8 cm³/mol. The normalized spacial score (nSPS) is 18.7. The first-order valence-corrected chi connectivity index (χ1v) is 9.10. The summed E-state index contributed by atoms with van der Waals surface area (Å²) in [6, 6.07) is 7.13. The number of benzene rings is 1. The number of nitrogens with zero attached hydrogens (tertiary/aromatic N) is 2. The van der Waals surface area contributed by atoms with Gasteiger partial charge in [0.15, 0.2) is 18.1 Å². The fraction of sp³-hybridized carbons (Fsp3) is 0.450. The molecule has 0 bridgehead atoms.